The van der Waals surface area contributed by atoms with Gasteiger partial charge in [-0.15, -0.1) is 10.2 Å². The zero-order valence-corrected chi connectivity index (χ0v) is 12.6. The average molecular weight is 316 g/mol. The highest BCUT2D eigenvalue weighted by atomic mass is 32.2. The van der Waals surface area contributed by atoms with Gasteiger partial charge in [0.2, 0.25) is 11.0 Å². The molecule has 0 bridgehead atoms. The van der Waals surface area contributed by atoms with Crippen LogP contribution in [0.15, 0.2) is 46.8 Å². The van der Waals surface area contributed by atoms with Gasteiger partial charge in [0.15, 0.2) is 4.34 Å². The van der Waals surface area contributed by atoms with Crippen LogP contribution in [0.3, 0.4) is 0 Å². The van der Waals surface area contributed by atoms with Crippen LogP contribution in [0.25, 0.3) is 10.8 Å². The van der Waals surface area contributed by atoms with E-state index in [-0.39, 0.29) is 11.7 Å². The second-order valence-corrected chi connectivity index (χ2v) is 6.54. The number of nitrogens with two attached hydrogens (primary N) is 1. The van der Waals surface area contributed by atoms with Gasteiger partial charge >= 0.3 is 0 Å². The molecule has 5 nitrogen and oxygen atoms in total. The average Bonchev–Trinajstić information content (AvgIpc) is 2.91. The Balaban J connectivity index is 1.63. The van der Waals surface area contributed by atoms with Crippen molar-refractivity contribution in [3.05, 3.63) is 42.5 Å². The number of benzene rings is 2. The number of hydrogen-bond donors (Lipinski definition) is 2. The number of nitrogens with zero attached hydrogens (tertiary/aromatic N) is 2. The summed E-state index contributed by atoms with van der Waals surface area (Å²) in [6.07, 6.45) is 0. The third-order valence-corrected chi connectivity index (χ3v) is 4.67. The Morgan fingerprint density at radius 3 is 2.76 bits per heavy atom. The maximum atomic E-state index is 11.9. The molecule has 21 heavy (non-hydrogen) atoms. The monoisotopic (exact) mass is 316 g/mol. The van der Waals surface area contributed by atoms with Crippen LogP contribution in [0.5, 0.6) is 0 Å². The van der Waals surface area contributed by atoms with Gasteiger partial charge in [0, 0.05) is 5.69 Å². The summed E-state index contributed by atoms with van der Waals surface area (Å²) in [6.45, 7) is 0. The van der Waals surface area contributed by atoms with Crippen molar-refractivity contribution in [1.29, 1.82) is 0 Å². The van der Waals surface area contributed by atoms with Gasteiger partial charge in [-0.2, -0.15) is 0 Å². The number of thioether (sulfide) groups is 1. The van der Waals surface area contributed by atoms with Gasteiger partial charge in [-0.3, -0.25) is 4.79 Å². The maximum Gasteiger partial charge on any atom is 0.234 e. The third kappa shape index (κ3) is 3.50. The third-order valence-electron chi connectivity index (χ3n) is 2.78. The summed E-state index contributed by atoms with van der Waals surface area (Å²) in [5, 5.41) is 13.1. The van der Waals surface area contributed by atoms with Crippen molar-refractivity contribution in [3.63, 3.8) is 0 Å². The first kappa shape index (κ1) is 13.8. The van der Waals surface area contributed by atoms with Gasteiger partial charge in [0.05, 0.1) is 5.75 Å². The highest BCUT2D eigenvalue weighted by Crippen LogP contribution is 2.24. The van der Waals surface area contributed by atoms with E-state index in [4.69, 9.17) is 5.73 Å². The molecular weight excluding hydrogens is 304 g/mol. The quantitative estimate of drug-likeness (QED) is 0.723. The normalized spacial score (nSPS) is 10.7. The van der Waals surface area contributed by atoms with Gasteiger partial charge in [0.1, 0.15) is 0 Å². The summed E-state index contributed by atoms with van der Waals surface area (Å²) < 4.78 is 0.696. The lowest BCUT2D eigenvalue weighted by molar-refractivity contribution is -0.113. The van der Waals surface area contributed by atoms with Crippen LogP contribution in [0.1, 0.15) is 0 Å². The van der Waals surface area contributed by atoms with E-state index >= 15 is 0 Å². The van der Waals surface area contributed by atoms with Crippen LogP contribution < -0.4 is 11.1 Å². The molecule has 2 aromatic carbocycles. The predicted molar refractivity (Wildman–Crippen MR) is 87.6 cm³/mol. The van der Waals surface area contributed by atoms with E-state index in [1.54, 1.807) is 0 Å². The minimum atomic E-state index is -0.0796. The number of rotatable bonds is 4. The van der Waals surface area contributed by atoms with Gasteiger partial charge in [0.25, 0.3) is 0 Å². The number of anilines is 2. The minimum Gasteiger partial charge on any atom is -0.374 e. The Morgan fingerprint density at radius 2 is 2.00 bits per heavy atom. The number of carbonyl (C=O) groups excluding carboxylic acids is 1. The molecule has 3 N–H and O–H groups in total. The molecule has 0 unspecified atom stereocenters. The molecule has 0 saturated carbocycles. The molecule has 0 aliphatic carbocycles. The minimum absolute atomic E-state index is 0.0796. The molecular formula is C14H12N4OS2. The molecule has 0 aliphatic rings. The molecule has 3 rings (SSSR count). The van der Waals surface area contributed by atoms with Crippen LogP contribution in [-0.2, 0) is 4.79 Å². The largest absolute Gasteiger partial charge is 0.374 e. The molecule has 3 aromatic rings. The van der Waals surface area contributed by atoms with E-state index in [0.717, 1.165) is 16.5 Å². The van der Waals surface area contributed by atoms with E-state index in [9.17, 15) is 4.79 Å². The van der Waals surface area contributed by atoms with Crippen LogP contribution in [-0.4, -0.2) is 21.9 Å². The number of amides is 1. The Kier molecular flexibility index (Phi) is 4.03. The van der Waals surface area contributed by atoms with E-state index in [2.05, 4.69) is 15.5 Å². The molecule has 1 aromatic heterocycles. The SMILES string of the molecule is Nc1nnc(SCC(=O)Nc2ccc3ccccc3c2)s1. The Bertz CT molecular complexity index is 787. The zero-order chi connectivity index (χ0) is 14.7. The number of carbonyl (C=O) groups is 1. The second kappa shape index (κ2) is 6.11. The highest BCUT2D eigenvalue weighted by Gasteiger charge is 2.07. The topological polar surface area (TPSA) is 80.9 Å². The molecule has 0 fully saturated rings. The molecule has 106 valence electrons. The van der Waals surface area contributed by atoms with Crippen molar-refractivity contribution < 1.29 is 4.79 Å². The molecule has 1 amide bonds. The number of hydrogen-bond acceptors (Lipinski definition) is 6. The van der Waals surface area contributed by atoms with E-state index in [0.29, 0.717) is 9.47 Å². The van der Waals surface area contributed by atoms with Crippen molar-refractivity contribution in [2.24, 2.45) is 0 Å². The van der Waals surface area contributed by atoms with E-state index in [1.165, 1.54) is 23.1 Å². The van der Waals surface area contributed by atoms with E-state index < -0.39 is 0 Å². The summed E-state index contributed by atoms with van der Waals surface area (Å²) in [7, 11) is 0. The molecule has 0 radical (unpaired) electrons. The highest BCUT2D eigenvalue weighted by molar-refractivity contribution is 8.01. The number of fused-ring (bicyclic) bond motifs is 1. The van der Waals surface area contributed by atoms with Crippen molar-refractivity contribution >= 4 is 50.6 Å². The summed E-state index contributed by atoms with van der Waals surface area (Å²) in [6, 6.07) is 13.9. The van der Waals surface area contributed by atoms with Gasteiger partial charge in [-0.25, -0.2) is 0 Å². The van der Waals surface area contributed by atoms with Crippen LogP contribution in [0, 0.1) is 0 Å². The molecule has 7 heteroatoms. The van der Waals surface area contributed by atoms with Crippen molar-refractivity contribution in [2.45, 2.75) is 4.34 Å². The van der Waals surface area contributed by atoms with Crippen molar-refractivity contribution in [3.8, 4) is 0 Å². The Labute approximate surface area is 129 Å². The first-order valence-electron chi connectivity index (χ1n) is 6.21. The van der Waals surface area contributed by atoms with Crippen LogP contribution in [0.2, 0.25) is 0 Å². The Morgan fingerprint density at radius 1 is 1.19 bits per heavy atom. The number of nitrogens with one attached hydrogen (secondary N) is 1. The van der Waals surface area contributed by atoms with Crippen molar-refractivity contribution in [1.82, 2.24) is 10.2 Å². The fourth-order valence-electron chi connectivity index (χ4n) is 1.87. The predicted octanol–water partition coefficient (Wildman–Crippen LogP) is 3.00. The standard InChI is InChI=1S/C14H12N4OS2/c15-13-17-18-14(21-13)20-8-12(19)16-11-6-5-9-3-1-2-4-10(9)7-11/h1-7H,8H2,(H2,15,17)(H,16,19). The lowest BCUT2D eigenvalue weighted by Crippen LogP contribution is -2.13. The molecule has 1 heterocycles. The lowest BCUT2D eigenvalue weighted by Gasteiger charge is -2.05. The zero-order valence-electron chi connectivity index (χ0n) is 10.9. The van der Waals surface area contributed by atoms with Crippen molar-refractivity contribution in [2.75, 3.05) is 16.8 Å². The fourth-order valence-corrected chi connectivity index (χ4v) is 3.31. The van der Waals surface area contributed by atoms with E-state index in [1.807, 2.05) is 42.5 Å². The smallest absolute Gasteiger partial charge is 0.234 e. The maximum absolute atomic E-state index is 11.9. The van der Waals surface area contributed by atoms with Gasteiger partial charge < -0.3 is 11.1 Å². The lowest BCUT2D eigenvalue weighted by atomic mass is 10.1. The number of aromatic nitrogens is 2. The summed E-state index contributed by atoms with van der Waals surface area (Å²) in [5.74, 6) is 0.200. The van der Waals surface area contributed by atoms with Gasteiger partial charge in [-0.1, -0.05) is 53.4 Å². The first-order chi connectivity index (χ1) is 10.2. The first-order valence-corrected chi connectivity index (χ1v) is 8.01. The fraction of sp³-hybridized carbons (Fsp3) is 0.0714. The molecule has 0 atom stereocenters. The molecule has 0 spiro atoms. The molecule has 0 aliphatic heterocycles. The second-order valence-electron chi connectivity index (χ2n) is 4.30. The summed E-state index contributed by atoms with van der Waals surface area (Å²) >= 11 is 2.60. The summed E-state index contributed by atoms with van der Waals surface area (Å²) in [5.41, 5.74) is 6.28. The van der Waals surface area contributed by atoms with Crippen LogP contribution >= 0.6 is 23.1 Å². The molecule has 0 saturated heterocycles. The van der Waals surface area contributed by atoms with Gasteiger partial charge in [-0.05, 0) is 22.9 Å². The summed E-state index contributed by atoms with van der Waals surface area (Å²) in [4.78, 5) is 11.9. The number of nitrogen functional groups attached to an aromatic ring is 1. The Hall–Kier alpha value is -2.12. The van der Waals surface area contributed by atoms with Crippen LogP contribution in [0.4, 0.5) is 10.8 Å².